The second-order valence-corrected chi connectivity index (χ2v) is 11.8. The second kappa shape index (κ2) is 9.08. The molecule has 172 valence electrons. The Morgan fingerprint density at radius 1 is 1.24 bits per heavy atom. The standard InChI is InChI=1S/C23H25N5O2S3/c1-12-13(2)32-22-19(12)21(30)26-18(27-22)11-31-14(3)20(29)24-15-6-7-16-17(10-15)33-23(25-16)28-8-4-5-9-28/h6-7,10,14H,4-5,8-9,11H2,1-3H3,(H,24,29)(H,26,27,30). The topological polar surface area (TPSA) is 91.0 Å². The van der Waals surface area contributed by atoms with Crippen molar-refractivity contribution in [3.8, 4) is 0 Å². The van der Waals surface area contributed by atoms with Crippen molar-refractivity contribution in [3.63, 3.8) is 0 Å². The number of rotatable bonds is 6. The predicted molar refractivity (Wildman–Crippen MR) is 140 cm³/mol. The van der Waals surface area contributed by atoms with Crippen LogP contribution in [0.25, 0.3) is 20.4 Å². The van der Waals surface area contributed by atoms with Gasteiger partial charge in [-0.05, 0) is 57.4 Å². The Morgan fingerprint density at radius 3 is 2.82 bits per heavy atom. The number of thiazole rings is 1. The summed E-state index contributed by atoms with van der Waals surface area (Å²) in [7, 11) is 0. The maximum atomic E-state index is 12.8. The molecule has 3 aromatic heterocycles. The number of H-pyrrole nitrogens is 1. The average Bonchev–Trinajstić information content (AvgIpc) is 3.51. The largest absolute Gasteiger partial charge is 0.348 e. The molecule has 1 amide bonds. The summed E-state index contributed by atoms with van der Waals surface area (Å²) in [5.41, 5.74) is 2.61. The fraction of sp³-hybridized carbons (Fsp3) is 0.391. The number of nitrogens with zero attached hydrogens (tertiary/aromatic N) is 3. The maximum Gasteiger partial charge on any atom is 0.259 e. The molecule has 1 aliphatic rings. The van der Waals surface area contributed by atoms with Crippen LogP contribution in [0.4, 0.5) is 10.8 Å². The van der Waals surface area contributed by atoms with Gasteiger partial charge in [0.25, 0.3) is 5.56 Å². The van der Waals surface area contributed by atoms with Gasteiger partial charge in [-0.1, -0.05) is 11.3 Å². The lowest BCUT2D eigenvalue weighted by molar-refractivity contribution is -0.115. The highest BCUT2D eigenvalue weighted by Gasteiger charge is 2.19. The Labute approximate surface area is 203 Å². The third-order valence-corrected chi connectivity index (χ3v) is 9.28. The zero-order valence-electron chi connectivity index (χ0n) is 18.7. The first-order valence-corrected chi connectivity index (χ1v) is 13.6. The van der Waals surface area contributed by atoms with Gasteiger partial charge < -0.3 is 15.2 Å². The summed E-state index contributed by atoms with van der Waals surface area (Å²) < 4.78 is 1.08. The molecule has 1 atom stereocenters. The van der Waals surface area contributed by atoms with Crippen molar-refractivity contribution < 1.29 is 4.79 Å². The minimum absolute atomic E-state index is 0.0742. The average molecular weight is 500 g/mol. The molecule has 10 heteroatoms. The number of carbonyl (C=O) groups is 1. The molecular weight excluding hydrogens is 474 g/mol. The molecule has 1 unspecified atom stereocenters. The number of thiophene rings is 1. The number of thioether (sulfide) groups is 1. The van der Waals surface area contributed by atoms with Gasteiger partial charge in [-0.25, -0.2) is 9.97 Å². The Hall–Kier alpha value is -2.43. The molecule has 1 aromatic carbocycles. The summed E-state index contributed by atoms with van der Waals surface area (Å²) >= 11 is 4.66. The second-order valence-electron chi connectivity index (χ2n) is 8.29. The number of aryl methyl sites for hydroxylation is 2. The van der Waals surface area contributed by atoms with Gasteiger partial charge in [0.1, 0.15) is 10.7 Å². The Balaban J connectivity index is 1.24. The minimum Gasteiger partial charge on any atom is -0.348 e. The SMILES string of the molecule is Cc1sc2nc(CSC(C)C(=O)Nc3ccc4nc(N5CCCC5)sc4c3)[nH]c(=O)c2c1C. The number of amides is 1. The quantitative estimate of drug-likeness (QED) is 0.385. The Morgan fingerprint density at radius 2 is 2.03 bits per heavy atom. The molecule has 0 bridgehead atoms. The van der Waals surface area contributed by atoms with Crippen LogP contribution in [0, 0.1) is 13.8 Å². The van der Waals surface area contributed by atoms with Crippen molar-refractivity contribution in [1.82, 2.24) is 15.0 Å². The summed E-state index contributed by atoms with van der Waals surface area (Å²) in [6, 6.07) is 5.86. The van der Waals surface area contributed by atoms with Gasteiger partial charge in [-0.15, -0.1) is 23.1 Å². The number of carbonyl (C=O) groups excluding carboxylic acids is 1. The number of aromatic amines is 1. The molecule has 0 saturated carbocycles. The molecule has 2 N–H and O–H groups in total. The summed E-state index contributed by atoms with van der Waals surface area (Å²) in [6.45, 7) is 7.95. The number of nitrogens with one attached hydrogen (secondary N) is 2. The number of fused-ring (bicyclic) bond motifs is 2. The summed E-state index contributed by atoms with van der Waals surface area (Å²) in [5, 5.41) is 4.45. The summed E-state index contributed by atoms with van der Waals surface area (Å²) in [4.78, 5) is 41.6. The van der Waals surface area contributed by atoms with Crippen molar-refractivity contribution in [3.05, 3.63) is 44.8 Å². The van der Waals surface area contributed by atoms with E-state index in [2.05, 4.69) is 20.2 Å². The van der Waals surface area contributed by atoms with Crippen LogP contribution in [-0.2, 0) is 10.5 Å². The van der Waals surface area contributed by atoms with Crippen LogP contribution in [-0.4, -0.2) is 39.2 Å². The van der Waals surface area contributed by atoms with Gasteiger partial charge in [-0.2, -0.15) is 0 Å². The van der Waals surface area contributed by atoms with E-state index in [9.17, 15) is 9.59 Å². The third-order valence-electron chi connectivity index (χ3n) is 5.95. The molecular formula is C23H25N5O2S3. The normalized spacial score (nSPS) is 14.9. The van der Waals surface area contributed by atoms with E-state index in [1.54, 1.807) is 11.3 Å². The van der Waals surface area contributed by atoms with Crippen LogP contribution < -0.4 is 15.8 Å². The smallest absolute Gasteiger partial charge is 0.259 e. The van der Waals surface area contributed by atoms with Crippen molar-refractivity contribution in [1.29, 1.82) is 0 Å². The highest BCUT2D eigenvalue weighted by atomic mass is 32.2. The van der Waals surface area contributed by atoms with E-state index >= 15 is 0 Å². The first kappa shape index (κ1) is 22.4. The van der Waals surface area contributed by atoms with Crippen LogP contribution in [0.15, 0.2) is 23.0 Å². The van der Waals surface area contributed by atoms with Gasteiger partial charge >= 0.3 is 0 Å². The monoisotopic (exact) mass is 499 g/mol. The molecule has 33 heavy (non-hydrogen) atoms. The van der Waals surface area contributed by atoms with E-state index < -0.39 is 0 Å². The van der Waals surface area contributed by atoms with Gasteiger partial charge in [0.05, 0.1) is 26.6 Å². The molecule has 1 saturated heterocycles. The molecule has 0 aliphatic carbocycles. The molecule has 1 aliphatic heterocycles. The number of hydrogen-bond donors (Lipinski definition) is 2. The number of aromatic nitrogens is 3. The van der Waals surface area contributed by atoms with E-state index in [-0.39, 0.29) is 16.7 Å². The lowest BCUT2D eigenvalue weighted by atomic mass is 10.2. The van der Waals surface area contributed by atoms with E-state index in [4.69, 9.17) is 4.98 Å². The molecule has 5 rings (SSSR count). The Kier molecular flexibility index (Phi) is 6.15. The first-order chi connectivity index (χ1) is 15.9. The van der Waals surface area contributed by atoms with Gasteiger partial charge in [-0.3, -0.25) is 9.59 Å². The van der Waals surface area contributed by atoms with E-state index in [0.717, 1.165) is 49.4 Å². The van der Waals surface area contributed by atoms with Crippen molar-refractivity contribution in [2.45, 2.75) is 44.6 Å². The van der Waals surface area contributed by atoms with Crippen LogP contribution in [0.1, 0.15) is 36.0 Å². The molecule has 0 radical (unpaired) electrons. The van der Waals surface area contributed by atoms with Crippen molar-refractivity contribution in [2.24, 2.45) is 0 Å². The molecule has 0 spiro atoms. The molecule has 4 heterocycles. The van der Waals surface area contributed by atoms with E-state index in [1.807, 2.05) is 39.0 Å². The third kappa shape index (κ3) is 4.51. The van der Waals surface area contributed by atoms with Gasteiger partial charge in [0.15, 0.2) is 5.13 Å². The fourth-order valence-corrected chi connectivity index (χ4v) is 6.79. The molecule has 7 nitrogen and oxygen atoms in total. The van der Waals surface area contributed by atoms with Crippen molar-refractivity contribution >= 4 is 71.6 Å². The lowest BCUT2D eigenvalue weighted by Crippen LogP contribution is -2.23. The number of benzene rings is 1. The predicted octanol–water partition coefficient (Wildman–Crippen LogP) is 5.07. The van der Waals surface area contributed by atoms with Crippen LogP contribution in [0.2, 0.25) is 0 Å². The molecule has 4 aromatic rings. The number of hydrogen-bond acceptors (Lipinski definition) is 8. The highest BCUT2D eigenvalue weighted by Crippen LogP contribution is 2.32. The number of anilines is 2. The summed E-state index contributed by atoms with van der Waals surface area (Å²) in [5.74, 6) is 0.983. The maximum absolute atomic E-state index is 12.8. The lowest BCUT2D eigenvalue weighted by Gasteiger charge is -2.12. The molecule has 1 fully saturated rings. The zero-order valence-corrected chi connectivity index (χ0v) is 21.2. The Bertz CT molecular complexity index is 1400. The van der Waals surface area contributed by atoms with Crippen LogP contribution >= 0.6 is 34.4 Å². The van der Waals surface area contributed by atoms with Gasteiger partial charge in [0, 0.05) is 23.7 Å². The van der Waals surface area contributed by atoms with E-state index in [1.165, 1.54) is 35.9 Å². The minimum atomic E-state index is -0.296. The van der Waals surface area contributed by atoms with Crippen molar-refractivity contribution in [2.75, 3.05) is 23.3 Å². The van der Waals surface area contributed by atoms with E-state index in [0.29, 0.717) is 17.0 Å². The summed E-state index contributed by atoms with van der Waals surface area (Å²) in [6.07, 6.45) is 2.44. The van der Waals surface area contributed by atoms with Crippen LogP contribution in [0.5, 0.6) is 0 Å². The zero-order chi connectivity index (χ0) is 23.1. The highest BCUT2D eigenvalue weighted by molar-refractivity contribution is 7.99. The fourth-order valence-electron chi connectivity index (χ4n) is 3.92. The van der Waals surface area contributed by atoms with Gasteiger partial charge in [0.2, 0.25) is 5.91 Å². The first-order valence-electron chi connectivity index (χ1n) is 11.0. The van der Waals surface area contributed by atoms with Crippen LogP contribution in [0.3, 0.4) is 0 Å².